The Morgan fingerprint density at radius 2 is 1.87 bits per heavy atom. The van der Waals surface area contributed by atoms with Crippen LogP contribution in [-0.4, -0.2) is 44.8 Å². The minimum Gasteiger partial charge on any atom is -0.373 e. The Bertz CT molecular complexity index is 1190. The summed E-state index contributed by atoms with van der Waals surface area (Å²) in [6.45, 7) is 2.85. The lowest BCUT2D eigenvalue weighted by atomic mass is 9.74. The quantitative estimate of drug-likeness (QED) is 0.610. The standard InChI is InChI=1S/C24H29N3O3S/c1-30-24(18-6-5-7-21(12-18)26-31(2,28)29)19-10-11-20(24)16-27(15-19)14-17-13-25-23-9-4-3-8-22(17)23/h3-9,12-13,19-20,25-26H,10-11,14-16H2,1-2H3. The molecular formula is C24H29N3O3S. The second-order valence-corrected chi connectivity index (χ2v) is 10.7. The van der Waals surface area contributed by atoms with E-state index in [1.807, 2.05) is 12.1 Å². The number of nitrogens with one attached hydrogen (secondary N) is 2. The highest BCUT2D eigenvalue weighted by molar-refractivity contribution is 7.92. The van der Waals surface area contributed by atoms with E-state index in [2.05, 4.69) is 51.1 Å². The molecule has 2 unspecified atom stereocenters. The smallest absolute Gasteiger partial charge is 0.229 e. The number of aromatic amines is 1. The molecule has 0 radical (unpaired) electrons. The number of H-pyrrole nitrogens is 1. The third-order valence-corrected chi connectivity index (χ3v) is 7.66. The second-order valence-electron chi connectivity index (χ2n) is 8.98. The molecule has 2 fully saturated rings. The minimum atomic E-state index is -3.32. The predicted molar refractivity (Wildman–Crippen MR) is 123 cm³/mol. The van der Waals surface area contributed by atoms with Gasteiger partial charge >= 0.3 is 0 Å². The molecule has 0 spiro atoms. The molecular weight excluding hydrogens is 410 g/mol. The number of likely N-dealkylation sites (tertiary alicyclic amines) is 1. The Morgan fingerprint density at radius 3 is 2.58 bits per heavy atom. The van der Waals surface area contributed by atoms with Gasteiger partial charge in [0.05, 0.1) is 6.26 Å². The van der Waals surface area contributed by atoms with Crippen LogP contribution in [-0.2, 0) is 26.9 Å². The zero-order chi connectivity index (χ0) is 21.6. The van der Waals surface area contributed by atoms with Crippen LogP contribution in [0.25, 0.3) is 10.9 Å². The summed E-state index contributed by atoms with van der Waals surface area (Å²) in [4.78, 5) is 5.94. The molecule has 2 aliphatic rings. The van der Waals surface area contributed by atoms with Crippen LogP contribution in [0.3, 0.4) is 0 Å². The number of hydrogen-bond acceptors (Lipinski definition) is 4. The van der Waals surface area contributed by atoms with Crippen LogP contribution in [0, 0.1) is 11.8 Å². The Morgan fingerprint density at radius 1 is 1.13 bits per heavy atom. The van der Waals surface area contributed by atoms with Gasteiger partial charge in [0.1, 0.15) is 5.60 Å². The molecule has 1 saturated heterocycles. The molecule has 31 heavy (non-hydrogen) atoms. The van der Waals surface area contributed by atoms with E-state index in [9.17, 15) is 8.42 Å². The topological polar surface area (TPSA) is 74.4 Å². The Labute approximate surface area is 183 Å². The molecule has 6 nitrogen and oxygen atoms in total. The SMILES string of the molecule is COC1(c2cccc(NS(C)(=O)=O)c2)C2CCC1CN(Cc1c[nH]c3ccccc13)C2. The maximum atomic E-state index is 11.7. The molecule has 1 aliphatic carbocycles. The maximum Gasteiger partial charge on any atom is 0.229 e. The van der Waals surface area contributed by atoms with Gasteiger partial charge in [-0.25, -0.2) is 8.42 Å². The highest BCUT2D eigenvalue weighted by Crippen LogP contribution is 2.54. The second kappa shape index (κ2) is 7.65. The summed E-state index contributed by atoms with van der Waals surface area (Å²) >= 11 is 0. The van der Waals surface area contributed by atoms with Crippen LogP contribution in [0.5, 0.6) is 0 Å². The van der Waals surface area contributed by atoms with Crippen molar-refractivity contribution in [3.8, 4) is 0 Å². The monoisotopic (exact) mass is 439 g/mol. The molecule has 5 rings (SSSR count). The molecule has 7 heteroatoms. The summed E-state index contributed by atoms with van der Waals surface area (Å²) in [5.41, 5.74) is 3.81. The van der Waals surface area contributed by atoms with Crippen molar-refractivity contribution < 1.29 is 13.2 Å². The first-order chi connectivity index (χ1) is 14.9. The maximum absolute atomic E-state index is 11.7. The van der Waals surface area contributed by atoms with Crippen LogP contribution in [0.1, 0.15) is 24.0 Å². The number of para-hydroxylation sites is 1. The van der Waals surface area contributed by atoms with Crippen molar-refractivity contribution in [1.82, 2.24) is 9.88 Å². The number of aromatic nitrogens is 1. The number of benzene rings is 2. The highest BCUT2D eigenvalue weighted by atomic mass is 32.2. The predicted octanol–water partition coefficient (Wildman–Crippen LogP) is 3.92. The normalized spacial score (nSPS) is 26.4. The third-order valence-electron chi connectivity index (χ3n) is 7.06. The van der Waals surface area contributed by atoms with Gasteiger partial charge in [0, 0.05) is 61.4 Å². The number of ether oxygens (including phenoxy) is 1. The number of fused-ring (bicyclic) bond motifs is 3. The summed E-state index contributed by atoms with van der Waals surface area (Å²) in [7, 11) is -1.52. The van der Waals surface area contributed by atoms with Gasteiger partial charge in [0.25, 0.3) is 0 Å². The third kappa shape index (κ3) is 3.64. The van der Waals surface area contributed by atoms with Crippen molar-refractivity contribution in [2.24, 2.45) is 11.8 Å². The Hall–Kier alpha value is -2.35. The number of nitrogens with zero attached hydrogens (tertiary/aromatic N) is 1. The van der Waals surface area contributed by atoms with Crippen molar-refractivity contribution >= 4 is 26.6 Å². The lowest BCUT2D eigenvalue weighted by Gasteiger charge is -2.47. The van der Waals surface area contributed by atoms with E-state index >= 15 is 0 Å². The zero-order valence-corrected chi connectivity index (χ0v) is 18.8. The van der Waals surface area contributed by atoms with Crippen molar-refractivity contribution in [2.45, 2.75) is 25.0 Å². The minimum absolute atomic E-state index is 0.369. The largest absolute Gasteiger partial charge is 0.373 e. The van der Waals surface area contributed by atoms with Gasteiger partial charge in [-0.3, -0.25) is 9.62 Å². The van der Waals surface area contributed by atoms with E-state index in [1.165, 1.54) is 22.7 Å². The number of piperidine rings is 1. The molecule has 2 heterocycles. The number of hydrogen-bond donors (Lipinski definition) is 2. The Balaban J connectivity index is 1.41. The lowest BCUT2D eigenvalue weighted by molar-refractivity contribution is -0.120. The fraction of sp³-hybridized carbons (Fsp3) is 0.417. The van der Waals surface area contributed by atoms with Crippen molar-refractivity contribution in [2.75, 3.05) is 31.2 Å². The average molecular weight is 440 g/mol. The van der Waals surface area contributed by atoms with Crippen molar-refractivity contribution in [3.05, 3.63) is 65.9 Å². The average Bonchev–Trinajstić information content (AvgIpc) is 3.22. The molecule has 2 bridgehead atoms. The number of rotatable bonds is 6. The highest BCUT2D eigenvalue weighted by Gasteiger charge is 2.55. The van der Waals surface area contributed by atoms with E-state index in [4.69, 9.17) is 4.74 Å². The van der Waals surface area contributed by atoms with Gasteiger partial charge in [-0.2, -0.15) is 0 Å². The van der Waals surface area contributed by atoms with Gasteiger partial charge in [-0.1, -0.05) is 30.3 Å². The van der Waals surface area contributed by atoms with E-state index in [-0.39, 0.29) is 5.60 Å². The molecule has 1 aliphatic heterocycles. The van der Waals surface area contributed by atoms with E-state index in [0.29, 0.717) is 17.5 Å². The summed E-state index contributed by atoms with van der Waals surface area (Å²) in [5.74, 6) is 0.741. The molecule has 2 aromatic carbocycles. The van der Waals surface area contributed by atoms with Gasteiger partial charge in [-0.15, -0.1) is 0 Å². The molecule has 2 atom stereocenters. The lowest BCUT2D eigenvalue weighted by Crippen LogP contribution is -2.52. The fourth-order valence-corrected chi connectivity index (χ4v) is 6.47. The Kier molecular flexibility index (Phi) is 5.07. The summed E-state index contributed by atoms with van der Waals surface area (Å²) in [5, 5.41) is 1.29. The molecule has 0 amide bonds. The first kappa shape index (κ1) is 20.5. The van der Waals surface area contributed by atoms with Gasteiger partial charge in [0.15, 0.2) is 0 Å². The summed E-state index contributed by atoms with van der Waals surface area (Å²) in [6.07, 6.45) is 5.54. The first-order valence-electron chi connectivity index (χ1n) is 10.8. The molecule has 3 aromatic rings. The van der Waals surface area contributed by atoms with Crippen LogP contribution in [0.4, 0.5) is 5.69 Å². The first-order valence-corrected chi connectivity index (χ1v) is 12.7. The van der Waals surface area contributed by atoms with E-state index < -0.39 is 10.0 Å². The molecule has 164 valence electrons. The van der Waals surface area contributed by atoms with Crippen molar-refractivity contribution in [3.63, 3.8) is 0 Å². The van der Waals surface area contributed by atoms with Gasteiger partial charge in [0.2, 0.25) is 10.0 Å². The van der Waals surface area contributed by atoms with E-state index in [0.717, 1.165) is 38.0 Å². The fourth-order valence-electron chi connectivity index (χ4n) is 5.91. The molecule has 1 saturated carbocycles. The van der Waals surface area contributed by atoms with E-state index in [1.54, 1.807) is 13.2 Å². The zero-order valence-electron chi connectivity index (χ0n) is 18.0. The summed E-state index contributed by atoms with van der Waals surface area (Å²) in [6, 6.07) is 16.2. The number of methoxy groups -OCH3 is 1. The van der Waals surface area contributed by atoms with Crippen LogP contribution < -0.4 is 4.72 Å². The van der Waals surface area contributed by atoms with Crippen LogP contribution >= 0.6 is 0 Å². The van der Waals surface area contributed by atoms with Gasteiger partial charge < -0.3 is 9.72 Å². The molecule has 1 aromatic heterocycles. The number of anilines is 1. The molecule has 2 N–H and O–H groups in total. The van der Waals surface area contributed by atoms with Crippen LogP contribution in [0.2, 0.25) is 0 Å². The number of sulfonamides is 1. The van der Waals surface area contributed by atoms with Crippen molar-refractivity contribution in [1.29, 1.82) is 0 Å². The van der Waals surface area contributed by atoms with Gasteiger partial charge in [-0.05, 0) is 42.2 Å². The van der Waals surface area contributed by atoms with Crippen LogP contribution in [0.15, 0.2) is 54.7 Å². The summed E-state index contributed by atoms with van der Waals surface area (Å²) < 4.78 is 32.3.